The van der Waals surface area contributed by atoms with Crippen LogP contribution in [0.2, 0.25) is 0 Å². The molecular formula is C20H27N3O2. The average molecular weight is 341 g/mol. The molecule has 3 aliphatic heterocycles. The minimum atomic E-state index is -0.160. The fraction of sp³-hybridized carbons (Fsp3) is 0.600. The molecule has 25 heavy (non-hydrogen) atoms. The molecule has 5 heteroatoms. The number of nitrogens with one attached hydrogen (secondary N) is 1. The molecule has 0 aliphatic carbocycles. The Bertz CT molecular complexity index is 630. The zero-order valence-corrected chi connectivity index (χ0v) is 14.7. The van der Waals surface area contributed by atoms with E-state index >= 15 is 0 Å². The molecule has 5 nitrogen and oxygen atoms in total. The predicted molar refractivity (Wildman–Crippen MR) is 95.7 cm³/mol. The summed E-state index contributed by atoms with van der Waals surface area (Å²) in [4.78, 5) is 29.1. The Morgan fingerprint density at radius 2 is 1.92 bits per heavy atom. The van der Waals surface area contributed by atoms with Gasteiger partial charge in [0.25, 0.3) is 0 Å². The van der Waals surface area contributed by atoms with Crippen LogP contribution in [-0.2, 0) is 16.1 Å². The van der Waals surface area contributed by atoms with Gasteiger partial charge in [0.05, 0.1) is 5.92 Å². The van der Waals surface area contributed by atoms with Crippen molar-refractivity contribution >= 4 is 11.8 Å². The lowest BCUT2D eigenvalue weighted by Crippen LogP contribution is -2.46. The smallest absolute Gasteiger partial charge is 0.227 e. The summed E-state index contributed by atoms with van der Waals surface area (Å²) in [6.07, 6.45) is 3.80. The molecule has 4 rings (SSSR count). The molecule has 1 spiro atoms. The van der Waals surface area contributed by atoms with Gasteiger partial charge in [0.2, 0.25) is 11.8 Å². The third-order valence-corrected chi connectivity index (χ3v) is 6.25. The number of hydrogen-bond acceptors (Lipinski definition) is 3. The molecule has 1 N–H and O–H groups in total. The van der Waals surface area contributed by atoms with Gasteiger partial charge < -0.3 is 15.1 Å². The zero-order chi connectivity index (χ0) is 17.3. The maximum atomic E-state index is 12.9. The van der Waals surface area contributed by atoms with Crippen LogP contribution < -0.4 is 5.32 Å². The number of rotatable bonds is 3. The lowest BCUT2D eigenvalue weighted by atomic mass is 9.77. The van der Waals surface area contributed by atoms with Crippen molar-refractivity contribution in [1.29, 1.82) is 0 Å². The van der Waals surface area contributed by atoms with Gasteiger partial charge in [-0.05, 0) is 36.8 Å². The molecule has 1 aromatic rings. The molecule has 134 valence electrons. The van der Waals surface area contributed by atoms with Gasteiger partial charge in [0.1, 0.15) is 0 Å². The van der Waals surface area contributed by atoms with E-state index in [2.05, 4.69) is 5.32 Å². The highest BCUT2D eigenvalue weighted by atomic mass is 16.2. The Morgan fingerprint density at radius 1 is 1.16 bits per heavy atom. The van der Waals surface area contributed by atoms with E-state index in [1.54, 1.807) is 0 Å². The van der Waals surface area contributed by atoms with Gasteiger partial charge >= 0.3 is 0 Å². The molecule has 0 radical (unpaired) electrons. The molecule has 1 aromatic carbocycles. The first kappa shape index (κ1) is 16.6. The first-order valence-corrected chi connectivity index (χ1v) is 9.46. The summed E-state index contributed by atoms with van der Waals surface area (Å²) < 4.78 is 0. The van der Waals surface area contributed by atoms with Crippen LogP contribution in [0.1, 0.15) is 31.2 Å². The van der Waals surface area contributed by atoms with Crippen molar-refractivity contribution in [3.63, 3.8) is 0 Å². The standard InChI is InChI=1S/C20H27N3O2/c24-18-12-17(14-23(18)13-16-4-2-1-3-5-16)19(25)22-10-7-20(8-11-22)6-9-21-15-20/h1-5,17,21H,6-15H2. The molecule has 3 fully saturated rings. The fourth-order valence-corrected chi connectivity index (χ4v) is 4.58. The SMILES string of the molecule is O=C1CC(C(=O)N2CCC3(CCNC3)CC2)CN1Cc1ccccc1. The van der Waals surface area contributed by atoms with Gasteiger partial charge in [-0.2, -0.15) is 0 Å². The summed E-state index contributed by atoms with van der Waals surface area (Å²) >= 11 is 0. The Kier molecular flexibility index (Phi) is 4.50. The maximum absolute atomic E-state index is 12.9. The lowest BCUT2D eigenvalue weighted by Gasteiger charge is -2.39. The van der Waals surface area contributed by atoms with E-state index in [0.717, 1.165) is 44.6 Å². The van der Waals surface area contributed by atoms with Crippen LogP contribution in [0.3, 0.4) is 0 Å². The van der Waals surface area contributed by atoms with Gasteiger partial charge in [-0.1, -0.05) is 30.3 Å². The molecule has 2 amide bonds. The number of nitrogens with zero attached hydrogens (tertiary/aromatic N) is 2. The molecular weight excluding hydrogens is 314 g/mol. The summed E-state index contributed by atoms with van der Waals surface area (Å²) in [5, 5.41) is 3.46. The van der Waals surface area contributed by atoms with Gasteiger partial charge in [-0.25, -0.2) is 0 Å². The predicted octanol–water partition coefficient (Wildman–Crippen LogP) is 1.64. The third kappa shape index (κ3) is 3.43. The molecule has 3 saturated heterocycles. The Labute approximate surface area is 149 Å². The highest BCUT2D eigenvalue weighted by Gasteiger charge is 2.41. The maximum Gasteiger partial charge on any atom is 0.227 e. The van der Waals surface area contributed by atoms with Crippen LogP contribution in [0.15, 0.2) is 30.3 Å². The Morgan fingerprint density at radius 3 is 2.60 bits per heavy atom. The van der Waals surface area contributed by atoms with Crippen LogP contribution in [0, 0.1) is 11.3 Å². The lowest BCUT2D eigenvalue weighted by molar-refractivity contribution is -0.138. The highest BCUT2D eigenvalue weighted by molar-refractivity contribution is 5.89. The molecule has 1 unspecified atom stereocenters. The second-order valence-corrected chi connectivity index (χ2v) is 7.91. The van der Waals surface area contributed by atoms with Gasteiger partial charge in [0, 0.05) is 39.1 Å². The Balaban J connectivity index is 1.33. The van der Waals surface area contributed by atoms with E-state index in [4.69, 9.17) is 0 Å². The molecule has 3 heterocycles. The largest absolute Gasteiger partial charge is 0.342 e. The first-order chi connectivity index (χ1) is 12.2. The molecule has 3 aliphatic rings. The van der Waals surface area contributed by atoms with E-state index in [9.17, 15) is 9.59 Å². The minimum absolute atomic E-state index is 0.107. The number of amides is 2. The Hall–Kier alpha value is -1.88. The van der Waals surface area contributed by atoms with E-state index < -0.39 is 0 Å². The normalized spacial score (nSPS) is 25.8. The molecule has 0 aromatic heterocycles. The third-order valence-electron chi connectivity index (χ3n) is 6.25. The van der Waals surface area contributed by atoms with Crippen molar-refractivity contribution in [2.45, 2.75) is 32.2 Å². The molecule has 1 atom stereocenters. The van der Waals surface area contributed by atoms with E-state index in [1.165, 1.54) is 6.42 Å². The summed E-state index contributed by atoms with van der Waals surface area (Å²) in [5.41, 5.74) is 1.54. The van der Waals surface area contributed by atoms with Gasteiger partial charge in [0.15, 0.2) is 0 Å². The van der Waals surface area contributed by atoms with Crippen LogP contribution in [0.5, 0.6) is 0 Å². The number of likely N-dealkylation sites (tertiary alicyclic amines) is 2. The van der Waals surface area contributed by atoms with E-state index in [1.807, 2.05) is 40.1 Å². The molecule has 0 saturated carbocycles. The van der Waals surface area contributed by atoms with Crippen molar-refractivity contribution in [1.82, 2.24) is 15.1 Å². The quantitative estimate of drug-likeness (QED) is 0.909. The number of carbonyl (C=O) groups excluding carboxylic acids is 2. The van der Waals surface area contributed by atoms with Crippen LogP contribution >= 0.6 is 0 Å². The van der Waals surface area contributed by atoms with E-state index in [-0.39, 0.29) is 17.7 Å². The first-order valence-electron chi connectivity index (χ1n) is 9.46. The summed E-state index contributed by atoms with van der Waals surface area (Å²) in [5.74, 6) is 0.132. The van der Waals surface area contributed by atoms with Gasteiger partial charge in [-0.3, -0.25) is 9.59 Å². The van der Waals surface area contributed by atoms with Crippen LogP contribution in [-0.4, -0.2) is 54.3 Å². The summed E-state index contributed by atoms with van der Waals surface area (Å²) in [7, 11) is 0. The van der Waals surface area contributed by atoms with Crippen molar-refractivity contribution in [3.05, 3.63) is 35.9 Å². The number of piperidine rings is 1. The van der Waals surface area contributed by atoms with Gasteiger partial charge in [-0.15, -0.1) is 0 Å². The highest BCUT2D eigenvalue weighted by Crippen LogP contribution is 2.37. The molecule has 0 bridgehead atoms. The summed E-state index contributed by atoms with van der Waals surface area (Å²) in [6.45, 7) is 5.09. The minimum Gasteiger partial charge on any atom is -0.342 e. The summed E-state index contributed by atoms with van der Waals surface area (Å²) in [6, 6.07) is 10.0. The number of benzene rings is 1. The van der Waals surface area contributed by atoms with Crippen molar-refractivity contribution in [2.24, 2.45) is 11.3 Å². The fourth-order valence-electron chi connectivity index (χ4n) is 4.58. The number of carbonyl (C=O) groups is 2. The second-order valence-electron chi connectivity index (χ2n) is 7.91. The van der Waals surface area contributed by atoms with Crippen molar-refractivity contribution in [2.75, 3.05) is 32.7 Å². The van der Waals surface area contributed by atoms with Crippen LogP contribution in [0.4, 0.5) is 0 Å². The monoisotopic (exact) mass is 341 g/mol. The topological polar surface area (TPSA) is 52.7 Å². The zero-order valence-electron chi connectivity index (χ0n) is 14.7. The van der Waals surface area contributed by atoms with E-state index in [0.29, 0.717) is 24.9 Å². The van der Waals surface area contributed by atoms with Crippen molar-refractivity contribution in [3.8, 4) is 0 Å². The van der Waals surface area contributed by atoms with Crippen molar-refractivity contribution < 1.29 is 9.59 Å². The average Bonchev–Trinajstić information content (AvgIpc) is 3.23. The second kappa shape index (κ2) is 6.79. The number of hydrogen-bond donors (Lipinski definition) is 1. The van der Waals surface area contributed by atoms with Crippen LogP contribution in [0.25, 0.3) is 0 Å².